The van der Waals surface area contributed by atoms with Gasteiger partial charge in [-0.3, -0.25) is 0 Å². The predicted octanol–water partition coefficient (Wildman–Crippen LogP) is 6.72. The molecule has 0 amide bonds. The first-order chi connectivity index (χ1) is 12.7. The molecule has 2 heteroatoms. The quantitative estimate of drug-likeness (QED) is 0.367. The van der Waals surface area contributed by atoms with Crippen molar-refractivity contribution in [3.05, 3.63) is 96.7 Å². The van der Waals surface area contributed by atoms with E-state index in [1.165, 1.54) is 0 Å². The van der Waals surface area contributed by atoms with Gasteiger partial charge in [0.25, 0.3) is 0 Å². The van der Waals surface area contributed by atoms with Crippen molar-refractivity contribution in [2.45, 2.75) is 20.3 Å². The van der Waals surface area contributed by atoms with Crippen LogP contribution in [0, 0.1) is 0 Å². The number of allylic oxidation sites excluding steroid dienone is 5. The van der Waals surface area contributed by atoms with Gasteiger partial charge in [0.05, 0.1) is 5.69 Å². The SMILES string of the molecule is C=C(/C=C\C)c1ccccc1-c1oc(-c2ccccc2)nc1C/C=C\C. The van der Waals surface area contributed by atoms with Crippen molar-refractivity contribution in [3.8, 4) is 22.8 Å². The first-order valence-electron chi connectivity index (χ1n) is 8.82. The molecular weight excluding hydrogens is 318 g/mol. The fraction of sp³-hybridized carbons (Fsp3) is 0.125. The molecule has 0 fully saturated rings. The van der Waals surface area contributed by atoms with Crippen molar-refractivity contribution in [2.75, 3.05) is 0 Å². The lowest BCUT2D eigenvalue weighted by molar-refractivity contribution is 0.587. The molecule has 1 heterocycles. The number of rotatable bonds is 6. The molecule has 2 aromatic carbocycles. The maximum absolute atomic E-state index is 6.24. The molecule has 0 aliphatic carbocycles. The minimum absolute atomic E-state index is 0.645. The van der Waals surface area contributed by atoms with Crippen LogP contribution in [0.25, 0.3) is 28.4 Å². The van der Waals surface area contributed by atoms with E-state index in [4.69, 9.17) is 9.40 Å². The van der Waals surface area contributed by atoms with Gasteiger partial charge in [0.1, 0.15) is 0 Å². The number of benzene rings is 2. The Morgan fingerprint density at radius 1 is 1.00 bits per heavy atom. The Balaban J connectivity index is 2.15. The molecule has 3 aromatic rings. The molecule has 0 aliphatic heterocycles. The summed E-state index contributed by atoms with van der Waals surface area (Å²) in [5.41, 5.74) is 4.94. The van der Waals surface area contributed by atoms with Gasteiger partial charge in [-0.25, -0.2) is 4.98 Å². The van der Waals surface area contributed by atoms with Crippen LogP contribution in [0.5, 0.6) is 0 Å². The van der Waals surface area contributed by atoms with Crippen molar-refractivity contribution in [1.29, 1.82) is 0 Å². The molecule has 3 rings (SSSR count). The maximum atomic E-state index is 6.24. The highest BCUT2D eigenvalue weighted by molar-refractivity contribution is 5.83. The Morgan fingerprint density at radius 2 is 1.73 bits per heavy atom. The summed E-state index contributed by atoms with van der Waals surface area (Å²) in [6.45, 7) is 8.20. The Kier molecular flexibility index (Phi) is 5.65. The first kappa shape index (κ1) is 17.7. The molecule has 0 saturated carbocycles. The first-order valence-corrected chi connectivity index (χ1v) is 8.82. The summed E-state index contributed by atoms with van der Waals surface area (Å²) in [5.74, 6) is 1.45. The van der Waals surface area contributed by atoms with Crippen LogP contribution >= 0.6 is 0 Å². The fourth-order valence-corrected chi connectivity index (χ4v) is 2.89. The smallest absolute Gasteiger partial charge is 0.227 e. The lowest BCUT2D eigenvalue weighted by Gasteiger charge is -2.08. The molecule has 0 bridgehead atoms. The van der Waals surface area contributed by atoms with Crippen LogP contribution in [-0.2, 0) is 6.42 Å². The van der Waals surface area contributed by atoms with Gasteiger partial charge in [-0.05, 0) is 37.1 Å². The zero-order chi connectivity index (χ0) is 18.4. The average Bonchev–Trinajstić information content (AvgIpc) is 3.11. The lowest BCUT2D eigenvalue weighted by atomic mass is 9.97. The van der Waals surface area contributed by atoms with Gasteiger partial charge < -0.3 is 4.42 Å². The molecule has 130 valence electrons. The highest BCUT2D eigenvalue weighted by atomic mass is 16.4. The number of aromatic nitrogens is 1. The normalized spacial score (nSPS) is 11.5. The summed E-state index contributed by atoms with van der Waals surface area (Å²) in [5, 5.41) is 0. The van der Waals surface area contributed by atoms with E-state index >= 15 is 0 Å². The van der Waals surface area contributed by atoms with Crippen molar-refractivity contribution in [2.24, 2.45) is 0 Å². The third-order valence-electron chi connectivity index (χ3n) is 4.15. The molecule has 1 aromatic heterocycles. The van der Waals surface area contributed by atoms with Crippen molar-refractivity contribution >= 4 is 5.57 Å². The van der Waals surface area contributed by atoms with E-state index in [0.29, 0.717) is 5.89 Å². The summed E-state index contributed by atoms with van der Waals surface area (Å²) in [4.78, 5) is 4.78. The monoisotopic (exact) mass is 341 g/mol. The van der Waals surface area contributed by atoms with E-state index in [2.05, 4.69) is 24.8 Å². The molecule has 0 unspecified atom stereocenters. The zero-order valence-corrected chi connectivity index (χ0v) is 15.3. The molecule has 0 atom stereocenters. The standard InChI is InChI=1S/C24H23NO/c1-4-6-17-22-23(26-24(25-22)19-13-8-7-9-14-19)21-16-11-10-15-20(21)18(3)12-5-2/h4-16H,3,17H2,1-2H3/b6-4-,12-5-. The molecule has 0 aliphatic rings. The maximum Gasteiger partial charge on any atom is 0.227 e. The fourth-order valence-electron chi connectivity index (χ4n) is 2.89. The van der Waals surface area contributed by atoms with Gasteiger partial charge in [-0.15, -0.1) is 0 Å². The number of hydrogen-bond donors (Lipinski definition) is 0. The summed E-state index contributed by atoms with van der Waals surface area (Å²) < 4.78 is 6.24. The van der Waals surface area contributed by atoms with E-state index in [9.17, 15) is 0 Å². The van der Waals surface area contributed by atoms with Gasteiger partial charge in [-0.1, -0.05) is 73.3 Å². The van der Waals surface area contributed by atoms with Crippen molar-refractivity contribution < 1.29 is 4.42 Å². The van der Waals surface area contributed by atoms with Crippen molar-refractivity contribution in [3.63, 3.8) is 0 Å². The Labute approximate surface area is 155 Å². The molecule has 0 spiro atoms. The minimum atomic E-state index is 0.645. The molecular formula is C24H23NO. The summed E-state index contributed by atoms with van der Waals surface area (Å²) >= 11 is 0. The van der Waals surface area contributed by atoms with Crippen LogP contribution in [-0.4, -0.2) is 4.98 Å². The third-order valence-corrected chi connectivity index (χ3v) is 4.15. The zero-order valence-electron chi connectivity index (χ0n) is 15.3. The van der Waals surface area contributed by atoms with Crippen LogP contribution in [0.15, 0.2) is 89.9 Å². The van der Waals surface area contributed by atoms with Crippen LogP contribution in [0.1, 0.15) is 25.1 Å². The van der Waals surface area contributed by atoms with Crippen LogP contribution < -0.4 is 0 Å². The third kappa shape index (κ3) is 3.75. The van der Waals surface area contributed by atoms with Gasteiger partial charge in [0.2, 0.25) is 5.89 Å². The molecule has 0 N–H and O–H groups in total. The van der Waals surface area contributed by atoms with E-state index in [1.54, 1.807) is 0 Å². The second-order valence-electron chi connectivity index (χ2n) is 6.00. The summed E-state index contributed by atoms with van der Waals surface area (Å²) in [6, 6.07) is 18.2. The Hall–Kier alpha value is -3.13. The number of oxazole rings is 1. The molecule has 0 saturated heterocycles. The Morgan fingerprint density at radius 3 is 2.46 bits per heavy atom. The largest absolute Gasteiger partial charge is 0.436 e. The second kappa shape index (κ2) is 8.30. The van der Waals surface area contributed by atoms with Gasteiger partial charge in [0.15, 0.2) is 5.76 Å². The van der Waals surface area contributed by atoms with Gasteiger partial charge in [-0.2, -0.15) is 0 Å². The van der Waals surface area contributed by atoms with Crippen LogP contribution in [0.2, 0.25) is 0 Å². The predicted molar refractivity (Wildman–Crippen MR) is 110 cm³/mol. The minimum Gasteiger partial charge on any atom is -0.436 e. The Bertz CT molecular complexity index is 945. The van der Waals surface area contributed by atoms with E-state index < -0.39 is 0 Å². The van der Waals surface area contributed by atoms with Gasteiger partial charge >= 0.3 is 0 Å². The topological polar surface area (TPSA) is 26.0 Å². The summed E-state index contributed by atoms with van der Waals surface area (Å²) in [6.07, 6.45) is 8.87. The molecule has 26 heavy (non-hydrogen) atoms. The average molecular weight is 341 g/mol. The van der Waals surface area contributed by atoms with E-state index in [0.717, 1.165) is 40.1 Å². The molecule has 2 nitrogen and oxygen atoms in total. The number of hydrogen-bond acceptors (Lipinski definition) is 2. The summed E-state index contributed by atoms with van der Waals surface area (Å²) in [7, 11) is 0. The highest BCUT2D eigenvalue weighted by Crippen LogP contribution is 2.35. The lowest BCUT2D eigenvalue weighted by Crippen LogP contribution is -1.90. The molecule has 0 radical (unpaired) electrons. The van der Waals surface area contributed by atoms with Crippen LogP contribution in [0.4, 0.5) is 0 Å². The van der Waals surface area contributed by atoms with Crippen molar-refractivity contribution in [1.82, 2.24) is 4.98 Å². The van der Waals surface area contributed by atoms with E-state index in [1.807, 2.05) is 74.5 Å². The second-order valence-corrected chi connectivity index (χ2v) is 6.00. The van der Waals surface area contributed by atoms with Gasteiger partial charge in [0, 0.05) is 17.5 Å². The van der Waals surface area contributed by atoms with E-state index in [-0.39, 0.29) is 0 Å². The highest BCUT2D eigenvalue weighted by Gasteiger charge is 2.18. The van der Waals surface area contributed by atoms with Crippen LogP contribution in [0.3, 0.4) is 0 Å². The number of nitrogens with zero attached hydrogens (tertiary/aromatic N) is 1.